The van der Waals surface area contributed by atoms with Crippen LogP contribution in [-0.2, 0) is 19.0 Å². The molecular formula is C22H34O7. The second-order valence-electron chi connectivity index (χ2n) is 10.1. The van der Waals surface area contributed by atoms with Crippen LogP contribution in [0.1, 0.15) is 40.5 Å². The van der Waals surface area contributed by atoms with Gasteiger partial charge in [-0.3, -0.25) is 4.79 Å². The lowest BCUT2D eigenvalue weighted by molar-refractivity contribution is -0.354. The second kappa shape index (κ2) is 6.50. The van der Waals surface area contributed by atoms with E-state index in [0.29, 0.717) is 12.2 Å². The first kappa shape index (κ1) is 21.2. The van der Waals surface area contributed by atoms with E-state index in [1.165, 1.54) is 14.2 Å². The van der Waals surface area contributed by atoms with E-state index in [9.17, 15) is 20.1 Å². The summed E-state index contributed by atoms with van der Waals surface area (Å²) < 4.78 is 17.0. The number of allylic oxidation sites excluding steroid dienone is 2. The average molecular weight is 411 g/mol. The molecule has 0 aromatic heterocycles. The summed E-state index contributed by atoms with van der Waals surface area (Å²) >= 11 is 0. The number of fused-ring (bicyclic) bond motifs is 2. The minimum absolute atomic E-state index is 0.0361. The van der Waals surface area contributed by atoms with Crippen LogP contribution < -0.4 is 0 Å². The molecule has 0 spiro atoms. The Labute approximate surface area is 172 Å². The maximum Gasteiger partial charge on any atom is 0.203 e. The Balaban J connectivity index is 1.95. The van der Waals surface area contributed by atoms with E-state index in [1.54, 1.807) is 6.92 Å². The molecular weight excluding hydrogens is 376 g/mol. The van der Waals surface area contributed by atoms with E-state index in [1.807, 2.05) is 26.8 Å². The molecule has 0 radical (unpaired) electrons. The van der Waals surface area contributed by atoms with E-state index in [2.05, 4.69) is 0 Å². The molecule has 4 rings (SSSR count). The van der Waals surface area contributed by atoms with Crippen LogP contribution in [0.5, 0.6) is 0 Å². The van der Waals surface area contributed by atoms with Gasteiger partial charge in [-0.2, -0.15) is 0 Å². The number of rotatable bonds is 2. The predicted octanol–water partition coefficient (Wildman–Crippen LogP) is 1.25. The van der Waals surface area contributed by atoms with Crippen LogP contribution in [0.3, 0.4) is 0 Å². The number of ketones is 1. The summed E-state index contributed by atoms with van der Waals surface area (Å²) in [4.78, 5) is 13.6. The number of ether oxygens (including phenoxy) is 3. The molecule has 1 aliphatic heterocycles. The summed E-state index contributed by atoms with van der Waals surface area (Å²) in [7, 11) is 2.96. The van der Waals surface area contributed by atoms with Crippen molar-refractivity contribution in [2.45, 2.75) is 70.7 Å². The normalized spacial score (nSPS) is 56.9. The van der Waals surface area contributed by atoms with Gasteiger partial charge in [0.05, 0.1) is 24.9 Å². The highest BCUT2D eigenvalue weighted by Crippen LogP contribution is 2.69. The zero-order chi connectivity index (χ0) is 21.5. The fourth-order valence-electron chi connectivity index (χ4n) is 7.77. The number of carbonyl (C=O) groups excluding carboxylic acids is 1. The Morgan fingerprint density at radius 1 is 1.17 bits per heavy atom. The molecule has 3 aliphatic carbocycles. The van der Waals surface area contributed by atoms with Crippen molar-refractivity contribution in [3.05, 3.63) is 11.8 Å². The van der Waals surface area contributed by atoms with Crippen LogP contribution in [0.25, 0.3) is 0 Å². The van der Waals surface area contributed by atoms with Crippen molar-refractivity contribution in [1.82, 2.24) is 0 Å². The Bertz CT molecular complexity index is 733. The third kappa shape index (κ3) is 2.45. The van der Waals surface area contributed by atoms with Gasteiger partial charge in [0, 0.05) is 36.2 Å². The summed E-state index contributed by atoms with van der Waals surface area (Å²) in [6.45, 7) is 7.62. The third-order valence-electron chi connectivity index (χ3n) is 8.93. The molecule has 11 atom stereocenters. The molecule has 3 N–H and O–H groups in total. The van der Waals surface area contributed by atoms with Crippen molar-refractivity contribution in [3.8, 4) is 0 Å². The summed E-state index contributed by atoms with van der Waals surface area (Å²) in [5.41, 5.74) is -3.00. The lowest BCUT2D eigenvalue weighted by atomic mass is 9.37. The first-order valence-corrected chi connectivity index (χ1v) is 10.5. The Morgan fingerprint density at radius 3 is 2.41 bits per heavy atom. The van der Waals surface area contributed by atoms with Gasteiger partial charge in [-0.15, -0.1) is 0 Å². The molecule has 1 heterocycles. The van der Waals surface area contributed by atoms with Crippen molar-refractivity contribution in [2.24, 2.45) is 34.5 Å². The lowest BCUT2D eigenvalue weighted by Gasteiger charge is -2.70. The number of aliphatic hydroxyl groups excluding tert-OH is 2. The summed E-state index contributed by atoms with van der Waals surface area (Å²) in [6.07, 6.45) is -0.691. The first-order chi connectivity index (χ1) is 13.4. The molecule has 7 heteroatoms. The summed E-state index contributed by atoms with van der Waals surface area (Å²) in [5.74, 6) is -0.764. The number of carbonyl (C=O) groups is 1. The molecule has 2 saturated carbocycles. The molecule has 164 valence electrons. The van der Waals surface area contributed by atoms with Gasteiger partial charge in [0.2, 0.25) is 5.78 Å². The fraction of sp³-hybridized carbons (Fsp3) is 0.864. The smallest absolute Gasteiger partial charge is 0.203 e. The number of hydrogen-bond donors (Lipinski definition) is 3. The van der Waals surface area contributed by atoms with Crippen LogP contribution in [0.4, 0.5) is 0 Å². The van der Waals surface area contributed by atoms with Crippen molar-refractivity contribution >= 4 is 5.78 Å². The van der Waals surface area contributed by atoms with E-state index < -0.39 is 46.8 Å². The number of aliphatic hydroxyl groups is 3. The van der Waals surface area contributed by atoms with E-state index >= 15 is 0 Å². The van der Waals surface area contributed by atoms with Gasteiger partial charge in [0.1, 0.15) is 6.10 Å². The molecule has 1 saturated heterocycles. The standard InChI is InChI=1S/C22H34O7/c1-10-7-12(27-5)18(25)20(2)11(10)8-14-21(3)13(9-15(23)29-14)22(4,26)19(28-6)16(24)17(20)21/h7,10-11,13-17,19,23-24,26H,8-9H2,1-6H3. The molecule has 29 heavy (non-hydrogen) atoms. The predicted molar refractivity (Wildman–Crippen MR) is 103 cm³/mol. The van der Waals surface area contributed by atoms with Crippen molar-refractivity contribution in [3.63, 3.8) is 0 Å². The number of Topliss-reactive ketones (excluding diaryl/α,β-unsaturated/α-hetero) is 1. The lowest BCUT2D eigenvalue weighted by Crippen LogP contribution is -2.78. The van der Waals surface area contributed by atoms with Crippen LogP contribution in [0.2, 0.25) is 0 Å². The first-order valence-electron chi connectivity index (χ1n) is 10.5. The maximum atomic E-state index is 13.6. The zero-order valence-electron chi connectivity index (χ0n) is 18.1. The average Bonchev–Trinajstić information content (AvgIpc) is 2.63. The molecule has 0 bridgehead atoms. The van der Waals surface area contributed by atoms with E-state index in [4.69, 9.17) is 14.2 Å². The quantitative estimate of drug-likeness (QED) is 0.629. The van der Waals surface area contributed by atoms with Gasteiger partial charge in [-0.1, -0.05) is 20.8 Å². The molecule has 3 fully saturated rings. The Morgan fingerprint density at radius 2 is 1.83 bits per heavy atom. The molecule has 7 nitrogen and oxygen atoms in total. The van der Waals surface area contributed by atoms with Crippen LogP contribution in [0.15, 0.2) is 11.8 Å². The van der Waals surface area contributed by atoms with Gasteiger partial charge in [-0.25, -0.2) is 0 Å². The third-order valence-corrected chi connectivity index (χ3v) is 8.93. The van der Waals surface area contributed by atoms with Crippen LogP contribution >= 0.6 is 0 Å². The topological polar surface area (TPSA) is 105 Å². The highest BCUT2D eigenvalue weighted by molar-refractivity contribution is 5.99. The maximum absolute atomic E-state index is 13.6. The largest absolute Gasteiger partial charge is 0.493 e. The highest BCUT2D eigenvalue weighted by atomic mass is 16.6. The Hall–Kier alpha value is -0.990. The van der Waals surface area contributed by atoms with E-state index in [0.717, 1.165) is 0 Å². The van der Waals surface area contributed by atoms with E-state index in [-0.39, 0.29) is 30.1 Å². The van der Waals surface area contributed by atoms with Crippen molar-refractivity contribution in [1.29, 1.82) is 0 Å². The van der Waals surface area contributed by atoms with Crippen LogP contribution in [0, 0.1) is 34.5 Å². The van der Waals surface area contributed by atoms with Gasteiger partial charge >= 0.3 is 0 Å². The molecule has 0 amide bonds. The molecule has 11 unspecified atom stereocenters. The molecule has 0 aromatic carbocycles. The Kier molecular flexibility index (Phi) is 4.76. The van der Waals surface area contributed by atoms with Gasteiger partial charge in [0.15, 0.2) is 12.0 Å². The number of hydrogen-bond acceptors (Lipinski definition) is 7. The van der Waals surface area contributed by atoms with Crippen molar-refractivity contribution < 1.29 is 34.3 Å². The minimum atomic E-state index is -1.38. The molecule has 4 aliphatic rings. The monoisotopic (exact) mass is 410 g/mol. The zero-order valence-corrected chi connectivity index (χ0v) is 18.1. The fourth-order valence-corrected chi connectivity index (χ4v) is 7.77. The molecule has 0 aromatic rings. The van der Waals surface area contributed by atoms with Gasteiger partial charge in [0.25, 0.3) is 0 Å². The van der Waals surface area contributed by atoms with Gasteiger partial charge < -0.3 is 29.5 Å². The SMILES string of the molecule is COC1=CC(C)C2CC3OC(O)CC4C(C)(O)C(OC)C(O)C(C2(C)C1=O)C34C. The summed E-state index contributed by atoms with van der Waals surface area (Å²) in [6, 6.07) is 0. The minimum Gasteiger partial charge on any atom is -0.493 e. The van der Waals surface area contributed by atoms with Crippen molar-refractivity contribution in [2.75, 3.05) is 14.2 Å². The van der Waals surface area contributed by atoms with Crippen LogP contribution in [-0.4, -0.2) is 65.5 Å². The second-order valence-corrected chi connectivity index (χ2v) is 10.1. The number of methoxy groups -OCH3 is 2. The highest BCUT2D eigenvalue weighted by Gasteiger charge is 2.75. The van der Waals surface area contributed by atoms with Gasteiger partial charge in [-0.05, 0) is 31.3 Å². The summed E-state index contributed by atoms with van der Waals surface area (Å²) in [5, 5.41) is 33.5.